The van der Waals surface area contributed by atoms with Crippen LogP contribution in [0.2, 0.25) is 0 Å². The average molecular weight is 296 g/mol. The molecule has 0 saturated heterocycles. The summed E-state index contributed by atoms with van der Waals surface area (Å²) in [5, 5.41) is 2.50. The summed E-state index contributed by atoms with van der Waals surface area (Å²) in [5.74, 6) is -0.421. The van der Waals surface area contributed by atoms with Gasteiger partial charge in [-0.05, 0) is 38.1 Å². The van der Waals surface area contributed by atoms with Gasteiger partial charge in [0.2, 0.25) is 0 Å². The quantitative estimate of drug-likeness (QED) is 0.895. The summed E-state index contributed by atoms with van der Waals surface area (Å²) in [6.45, 7) is 3.64. The van der Waals surface area contributed by atoms with Crippen molar-refractivity contribution in [3.8, 4) is 0 Å². The SMILES string of the molecule is Cc1cc(C(=O)Nc2cccc(C(F)(F)F)c2)c(C)n1C. The number of anilines is 1. The number of nitrogens with one attached hydrogen (secondary N) is 1. The van der Waals surface area contributed by atoms with Gasteiger partial charge in [-0.3, -0.25) is 4.79 Å². The van der Waals surface area contributed by atoms with Crippen LogP contribution in [0.1, 0.15) is 27.3 Å². The smallest absolute Gasteiger partial charge is 0.351 e. The summed E-state index contributed by atoms with van der Waals surface area (Å²) in [6.07, 6.45) is -4.43. The van der Waals surface area contributed by atoms with Crippen molar-refractivity contribution in [1.82, 2.24) is 4.57 Å². The Bertz CT molecular complexity index is 687. The van der Waals surface area contributed by atoms with E-state index >= 15 is 0 Å². The predicted octanol–water partition coefficient (Wildman–Crippen LogP) is 3.91. The van der Waals surface area contributed by atoms with Gasteiger partial charge in [0.05, 0.1) is 11.1 Å². The minimum absolute atomic E-state index is 0.121. The number of alkyl halides is 3. The maximum absolute atomic E-state index is 12.6. The summed E-state index contributed by atoms with van der Waals surface area (Å²) < 4.78 is 39.7. The van der Waals surface area contributed by atoms with Crippen LogP contribution in [0.5, 0.6) is 0 Å². The van der Waals surface area contributed by atoms with Crippen molar-refractivity contribution in [2.75, 3.05) is 5.32 Å². The predicted molar refractivity (Wildman–Crippen MR) is 74.3 cm³/mol. The molecule has 0 aliphatic carbocycles. The highest BCUT2D eigenvalue weighted by Crippen LogP contribution is 2.30. The highest BCUT2D eigenvalue weighted by atomic mass is 19.4. The molecule has 21 heavy (non-hydrogen) atoms. The number of halogens is 3. The van der Waals surface area contributed by atoms with E-state index < -0.39 is 17.6 Å². The zero-order valence-electron chi connectivity index (χ0n) is 11.9. The first-order chi connectivity index (χ1) is 9.70. The molecule has 6 heteroatoms. The minimum atomic E-state index is -4.43. The third-order valence-electron chi connectivity index (χ3n) is 3.47. The van der Waals surface area contributed by atoms with Crippen molar-refractivity contribution in [1.29, 1.82) is 0 Å². The van der Waals surface area contributed by atoms with E-state index in [-0.39, 0.29) is 5.69 Å². The summed E-state index contributed by atoms with van der Waals surface area (Å²) in [5.41, 5.74) is 1.45. The third-order valence-corrected chi connectivity index (χ3v) is 3.47. The molecule has 0 bridgehead atoms. The maximum atomic E-state index is 12.6. The molecule has 0 unspecified atom stereocenters. The number of carbonyl (C=O) groups is 1. The molecule has 0 saturated carbocycles. The fourth-order valence-corrected chi connectivity index (χ4v) is 2.06. The zero-order chi connectivity index (χ0) is 15.8. The minimum Gasteiger partial charge on any atom is -0.351 e. The standard InChI is InChI=1S/C15H15F3N2O/c1-9-7-13(10(2)20(9)3)14(21)19-12-6-4-5-11(8-12)15(16,17)18/h4-8H,1-3H3,(H,19,21). The third kappa shape index (κ3) is 3.09. The lowest BCUT2D eigenvalue weighted by Gasteiger charge is -2.10. The van der Waals surface area contributed by atoms with Crippen molar-refractivity contribution in [2.45, 2.75) is 20.0 Å². The maximum Gasteiger partial charge on any atom is 0.416 e. The number of hydrogen-bond acceptors (Lipinski definition) is 1. The molecule has 0 atom stereocenters. The number of rotatable bonds is 2. The number of aromatic nitrogens is 1. The molecule has 2 rings (SSSR count). The molecule has 3 nitrogen and oxygen atoms in total. The Balaban J connectivity index is 2.26. The number of carbonyl (C=O) groups excluding carboxylic acids is 1. The van der Waals surface area contributed by atoms with E-state index in [0.29, 0.717) is 5.56 Å². The van der Waals surface area contributed by atoms with Gasteiger partial charge < -0.3 is 9.88 Å². The van der Waals surface area contributed by atoms with Crippen LogP contribution in [0.4, 0.5) is 18.9 Å². The van der Waals surface area contributed by atoms with Crippen molar-refractivity contribution in [3.05, 3.63) is 52.8 Å². The van der Waals surface area contributed by atoms with Crippen molar-refractivity contribution in [3.63, 3.8) is 0 Å². The van der Waals surface area contributed by atoms with Crippen LogP contribution < -0.4 is 5.32 Å². The Morgan fingerprint density at radius 3 is 2.38 bits per heavy atom. The summed E-state index contributed by atoms with van der Waals surface area (Å²) in [6, 6.07) is 6.29. The van der Waals surface area contributed by atoms with Crippen LogP contribution in [0.15, 0.2) is 30.3 Å². The van der Waals surface area contributed by atoms with Crippen molar-refractivity contribution >= 4 is 11.6 Å². The lowest BCUT2D eigenvalue weighted by molar-refractivity contribution is -0.137. The molecule has 0 spiro atoms. The molecule has 1 aromatic carbocycles. The fourth-order valence-electron chi connectivity index (χ4n) is 2.06. The van der Waals surface area contributed by atoms with Crippen LogP contribution in [-0.2, 0) is 13.2 Å². The molecule has 2 aromatic rings. The van der Waals surface area contributed by atoms with Gasteiger partial charge in [-0.1, -0.05) is 6.07 Å². The lowest BCUT2D eigenvalue weighted by atomic mass is 10.1. The molecule has 1 N–H and O–H groups in total. The summed E-state index contributed by atoms with van der Waals surface area (Å²) >= 11 is 0. The highest BCUT2D eigenvalue weighted by Gasteiger charge is 2.30. The molecule has 1 heterocycles. The van der Waals surface area contributed by atoms with Gasteiger partial charge in [0.1, 0.15) is 0 Å². The van der Waals surface area contributed by atoms with Gasteiger partial charge in [0, 0.05) is 24.1 Å². The Kier molecular flexibility index (Phi) is 3.80. The second-order valence-corrected chi connectivity index (χ2v) is 4.88. The lowest BCUT2D eigenvalue weighted by Crippen LogP contribution is -2.14. The van der Waals surface area contributed by atoms with E-state index in [1.54, 1.807) is 13.0 Å². The van der Waals surface area contributed by atoms with Gasteiger partial charge in [0.25, 0.3) is 5.91 Å². The van der Waals surface area contributed by atoms with E-state index in [4.69, 9.17) is 0 Å². The largest absolute Gasteiger partial charge is 0.416 e. The molecule has 112 valence electrons. The van der Waals surface area contributed by atoms with E-state index in [1.807, 2.05) is 18.5 Å². The number of benzene rings is 1. The van der Waals surface area contributed by atoms with E-state index in [2.05, 4.69) is 5.32 Å². The van der Waals surface area contributed by atoms with Crippen LogP contribution in [-0.4, -0.2) is 10.5 Å². The second-order valence-electron chi connectivity index (χ2n) is 4.88. The van der Waals surface area contributed by atoms with Crippen molar-refractivity contribution in [2.24, 2.45) is 7.05 Å². The second kappa shape index (κ2) is 5.27. The van der Waals surface area contributed by atoms with Crippen LogP contribution in [0.25, 0.3) is 0 Å². The summed E-state index contributed by atoms with van der Waals surface area (Å²) in [4.78, 5) is 12.2. The first-order valence-corrected chi connectivity index (χ1v) is 6.31. The van der Waals surface area contributed by atoms with Gasteiger partial charge in [-0.2, -0.15) is 13.2 Å². The molecule has 0 aliphatic heterocycles. The average Bonchev–Trinajstić information content (AvgIpc) is 2.66. The fraction of sp³-hybridized carbons (Fsp3) is 0.267. The normalized spacial score (nSPS) is 11.5. The zero-order valence-corrected chi connectivity index (χ0v) is 11.9. The number of hydrogen-bond donors (Lipinski definition) is 1. The van der Waals surface area contributed by atoms with Crippen LogP contribution in [0.3, 0.4) is 0 Å². The van der Waals surface area contributed by atoms with E-state index in [9.17, 15) is 18.0 Å². The topological polar surface area (TPSA) is 34.0 Å². The number of aryl methyl sites for hydroxylation is 1. The molecular weight excluding hydrogens is 281 g/mol. The van der Waals surface area contributed by atoms with Crippen molar-refractivity contribution < 1.29 is 18.0 Å². The molecule has 1 aromatic heterocycles. The Morgan fingerprint density at radius 1 is 1.19 bits per heavy atom. The van der Waals surface area contributed by atoms with Gasteiger partial charge in [-0.25, -0.2) is 0 Å². The first-order valence-electron chi connectivity index (χ1n) is 6.31. The first kappa shape index (κ1) is 15.2. The monoisotopic (exact) mass is 296 g/mol. The summed E-state index contributed by atoms with van der Waals surface area (Å²) in [7, 11) is 1.83. The van der Waals surface area contributed by atoms with Gasteiger partial charge in [0.15, 0.2) is 0 Å². The molecule has 0 radical (unpaired) electrons. The van der Waals surface area contributed by atoms with Crippen LogP contribution >= 0.6 is 0 Å². The molecular formula is C15H15F3N2O. The Labute approximate surface area is 120 Å². The Hall–Kier alpha value is -2.24. The van der Waals surface area contributed by atoms with Crippen LogP contribution in [0, 0.1) is 13.8 Å². The number of amides is 1. The Morgan fingerprint density at radius 2 is 1.86 bits per heavy atom. The molecule has 0 aliphatic rings. The number of nitrogens with zero attached hydrogens (tertiary/aromatic N) is 1. The van der Waals surface area contributed by atoms with Gasteiger partial charge in [-0.15, -0.1) is 0 Å². The molecule has 1 amide bonds. The highest BCUT2D eigenvalue weighted by molar-refractivity contribution is 6.05. The molecule has 0 fully saturated rings. The van der Waals surface area contributed by atoms with E-state index in [1.165, 1.54) is 12.1 Å². The van der Waals surface area contributed by atoms with E-state index in [0.717, 1.165) is 23.5 Å². The van der Waals surface area contributed by atoms with Gasteiger partial charge >= 0.3 is 6.18 Å².